The molecule has 2 aromatic rings. The molecule has 1 fully saturated rings. The van der Waals surface area contributed by atoms with E-state index < -0.39 is 15.4 Å². The summed E-state index contributed by atoms with van der Waals surface area (Å²) < 4.78 is 23.3. The van der Waals surface area contributed by atoms with Crippen LogP contribution in [0.2, 0.25) is 0 Å². The maximum atomic E-state index is 13.1. The average molecular weight is 446 g/mol. The van der Waals surface area contributed by atoms with Crippen molar-refractivity contribution in [2.24, 2.45) is 0 Å². The van der Waals surface area contributed by atoms with Crippen LogP contribution in [0.15, 0.2) is 35.4 Å². The highest BCUT2D eigenvalue weighted by Crippen LogP contribution is 2.23. The van der Waals surface area contributed by atoms with Gasteiger partial charge in [-0.1, -0.05) is 13.3 Å². The van der Waals surface area contributed by atoms with Gasteiger partial charge in [-0.15, -0.1) is 0 Å². The van der Waals surface area contributed by atoms with Crippen LogP contribution in [-0.2, 0) is 21.1 Å². The number of carbonyl (C=O) groups excluding carboxylic acids is 2. The minimum absolute atomic E-state index is 0.184. The quantitative estimate of drug-likeness (QED) is 0.697. The first-order chi connectivity index (χ1) is 14.5. The summed E-state index contributed by atoms with van der Waals surface area (Å²) in [6.07, 6.45) is 3.95. The molecular weight excluding hydrogens is 418 g/mol. The Bertz CT molecular complexity index is 1100. The van der Waals surface area contributed by atoms with Crippen molar-refractivity contribution in [2.45, 2.75) is 44.0 Å². The molecule has 3 rings (SSSR count). The summed E-state index contributed by atoms with van der Waals surface area (Å²) in [6, 6.07) is 6.35. The Morgan fingerprint density at radius 1 is 1.26 bits per heavy atom. The lowest BCUT2D eigenvalue weighted by Gasteiger charge is -2.40. The number of hydrogen-bond acceptors (Lipinski definition) is 7. The van der Waals surface area contributed by atoms with Crippen LogP contribution in [0, 0.1) is 0 Å². The van der Waals surface area contributed by atoms with Crippen molar-refractivity contribution in [2.75, 3.05) is 24.7 Å². The Hall–Kier alpha value is -3.01. The Morgan fingerprint density at radius 3 is 2.55 bits per heavy atom. The molecule has 2 heterocycles. The van der Waals surface area contributed by atoms with E-state index in [9.17, 15) is 18.0 Å². The van der Waals surface area contributed by atoms with Gasteiger partial charge in [0.15, 0.2) is 15.7 Å². The van der Waals surface area contributed by atoms with Crippen LogP contribution in [0.1, 0.15) is 43.4 Å². The van der Waals surface area contributed by atoms with Crippen molar-refractivity contribution in [3.05, 3.63) is 41.9 Å². The first-order valence-electron chi connectivity index (χ1n) is 10.1. The van der Waals surface area contributed by atoms with E-state index in [1.807, 2.05) is 6.92 Å². The van der Waals surface area contributed by atoms with Gasteiger partial charge >= 0.3 is 0 Å². The molecule has 10 heteroatoms. The minimum Gasteiger partial charge on any atom is -0.352 e. The topological polar surface area (TPSA) is 121 Å². The fraction of sp³-hybridized carbons (Fsp3) is 0.429. The van der Waals surface area contributed by atoms with Crippen LogP contribution in [0.25, 0.3) is 0 Å². The highest BCUT2D eigenvalue weighted by molar-refractivity contribution is 7.90. The second-order valence-electron chi connectivity index (χ2n) is 7.99. The number of carbonyl (C=O) groups is 2. The number of benzene rings is 1. The molecule has 0 atom stereocenters. The summed E-state index contributed by atoms with van der Waals surface area (Å²) in [4.78, 5) is 36.0. The summed E-state index contributed by atoms with van der Waals surface area (Å²) in [7, 11) is -3.27. The first kappa shape index (κ1) is 22.7. The van der Waals surface area contributed by atoms with Gasteiger partial charge < -0.3 is 15.5 Å². The van der Waals surface area contributed by atoms with Crippen LogP contribution in [0.3, 0.4) is 0 Å². The fourth-order valence-corrected chi connectivity index (χ4v) is 3.99. The molecule has 1 aliphatic heterocycles. The zero-order chi connectivity index (χ0) is 22.8. The van der Waals surface area contributed by atoms with Crippen molar-refractivity contribution >= 4 is 33.2 Å². The molecule has 2 amide bonds. The molecule has 0 radical (unpaired) electrons. The van der Waals surface area contributed by atoms with Crippen molar-refractivity contribution in [1.82, 2.24) is 20.2 Å². The summed E-state index contributed by atoms with van der Waals surface area (Å²) in [6.45, 7) is 6.20. The normalized spacial score (nSPS) is 16.0. The number of piperazine rings is 1. The van der Waals surface area contributed by atoms with E-state index in [2.05, 4.69) is 20.6 Å². The van der Waals surface area contributed by atoms with Gasteiger partial charge in [-0.05, 0) is 44.5 Å². The third-order valence-electron chi connectivity index (χ3n) is 5.19. The minimum atomic E-state index is -3.27. The van der Waals surface area contributed by atoms with E-state index in [0.29, 0.717) is 36.7 Å². The lowest BCUT2D eigenvalue weighted by molar-refractivity contribution is -0.133. The second kappa shape index (κ2) is 8.62. The van der Waals surface area contributed by atoms with Crippen LogP contribution < -0.4 is 10.6 Å². The van der Waals surface area contributed by atoms with Gasteiger partial charge in [0.1, 0.15) is 11.2 Å². The molecule has 1 aliphatic rings. The first-order valence-corrected chi connectivity index (χ1v) is 12.0. The highest BCUT2D eigenvalue weighted by Gasteiger charge is 2.41. The number of nitrogens with one attached hydrogen (secondary N) is 2. The van der Waals surface area contributed by atoms with Crippen LogP contribution in [0.5, 0.6) is 0 Å². The van der Waals surface area contributed by atoms with E-state index in [0.717, 1.165) is 12.7 Å². The summed E-state index contributed by atoms with van der Waals surface area (Å²) in [5.41, 5.74) is 0.496. The van der Waals surface area contributed by atoms with Crippen molar-refractivity contribution in [1.29, 1.82) is 0 Å². The second-order valence-corrected chi connectivity index (χ2v) is 10.0. The van der Waals surface area contributed by atoms with E-state index in [1.54, 1.807) is 26.0 Å². The van der Waals surface area contributed by atoms with Crippen molar-refractivity contribution < 1.29 is 18.0 Å². The lowest BCUT2D eigenvalue weighted by atomic mass is 9.98. The number of sulfone groups is 1. The summed E-state index contributed by atoms with van der Waals surface area (Å²) in [5, 5.41) is 5.92. The maximum absolute atomic E-state index is 13.1. The predicted molar refractivity (Wildman–Crippen MR) is 117 cm³/mol. The lowest BCUT2D eigenvalue weighted by Crippen LogP contribution is -2.63. The largest absolute Gasteiger partial charge is 0.352 e. The van der Waals surface area contributed by atoms with Gasteiger partial charge in [0, 0.05) is 25.0 Å². The van der Waals surface area contributed by atoms with Gasteiger partial charge in [0.2, 0.25) is 5.91 Å². The van der Waals surface area contributed by atoms with Gasteiger partial charge in [0.05, 0.1) is 16.8 Å². The molecule has 9 nitrogen and oxygen atoms in total. The third kappa shape index (κ3) is 4.84. The van der Waals surface area contributed by atoms with Crippen molar-refractivity contribution in [3.8, 4) is 0 Å². The smallest absolute Gasteiger partial charge is 0.275 e. The zero-order valence-corrected chi connectivity index (χ0v) is 18.9. The molecule has 166 valence electrons. The number of nitrogens with zero attached hydrogens (tertiary/aromatic N) is 3. The number of aromatic nitrogens is 2. The number of amides is 2. The maximum Gasteiger partial charge on any atom is 0.275 e. The Morgan fingerprint density at radius 2 is 1.94 bits per heavy atom. The van der Waals surface area contributed by atoms with E-state index in [1.165, 1.54) is 23.2 Å². The summed E-state index contributed by atoms with van der Waals surface area (Å²) in [5.74, 6) is -0.0421. The molecule has 2 N–H and O–H groups in total. The molecule has 0 aliphatic carbocycles. The van der Waals surface area contributed by atoms with Gasteiger partial charge in [-0.25, -0.2) is 18.4 Å². The molecular formula is C21H27N5O4S. The summed E-state index contributed by atoms with van der Waals surface area (Å²) >= 11 is 0. The Balaban J connectivity index is 1.87. The molecule has 1 saturated heterocycles. The molecule has 0 unspecified atom stereocenters. The SMILES string of the molecule is CCCc1nc(C(=O)N2CCNC(=O)C2(C)C)cnc1Nc1ccc(S(C)(=O)=O)cc1. The van der Waals surface area contributed by atoms with E-state index >= 15 is 0 Å². The van der Waals surface area contributed by atoms with E-state index in [-0.39, 0.29) is 22.4 Å². The molecule has 0 bridgehead atoms. The van der Waals surface area contributed by atoms with Crippen molar-refractivity contribution in [3.63, 3.8) is 0 Å². The monoisotopic (exact) mass is 445 g/mol. The Labute approximate surface area is 182 Å². The number of rotatable bonds is 6. The third-order valence-corrected chi connectivity index (χ3v) is 6.32. The van der Waals surface area contributed by atoms with Gasteiger partial charge in [-0.3, -0.25) is 9.59 Å². The molecule has 31 heavy (non-hydrogen) atoms. The molecule has 1 aromatic carbocycles. The van der Waals surface area contributed by atoms with Gasteiger partial charge in [-0.2, -0.15) is 0 Å². The Kier molecular flexibility index (Phi) is 6.30. The number of anilines is 2. The number of hydrogen-bond donors (Lipinski definition) is 2. The molecule has 0 saturated carbocycles. The van der Waals surface area contributed by atoms with Crippen LogP contribution >= 0.6 is 0 Å². The molecule has 0 spiro atoms. The highest BCUT2D eigenvalue weighted by atomic mass is 32.2. The average Bonchev–Trinajstić information content (AvgIpc) is 2.71. The zero-order valence-electron chi connectivity index (χ0n) is 18.1. The van der Waals surface area contributed by atoms with E-state index in [4.69, 9.17) is 0 Å². The number of aryl methyl sites for hydroxylation is 1. The fourth-order valence-electron chi connectivity index (χ4n) is 3.36. The molecule has 1 aromatic heterocycles. The van der Waals surface area contributed by atoms with Gasteiger partial charge in [0.25, 0.3) is 5.91 Å². The van der Waals surface area contributed by atoms with Crippen LogP contribution in [-0.4, -0.2) is 60.0 Å². The predicted octanol–water partition coefficient (Wildman–Crippen LogP) is 1.93. The standard InChI is InChI=1S/C21H27N5O4S/c1-5-6-16-18(24-14-7-9-15(10-8-14)31(4,29)30)23-13-17(25-16)19(27)26-12-11-22-20(28)21(26,2)3/h7-10,13H,5-6,11-12H2,1-4H3,(H,22,28)(H,23,24). The van der Waals surface area contributed by atoms with Crippen LogP contribution in [0.4, 0.5) is 11.5 Å².